The van der Waals surface area contributed by atoms with Crippen molar-refractivity contribution in [1.29, 1.82) is 0 Å². The lowest BCUT2D eigenvalue weighted by atomic mass is 10.2. The van der Waals surface area contributed by atoms with E-state index in [1.54, 1.807) is 32.3 Å². The van der Waals surface area contributed by atoms with Gasteiger partial charge in [-0.1, -0.05) is 11.6 Å². The molecule has 0 saturated heterocycles. The van der Waals surface area contributed by atoms with Gasteiger partial charge >= 0.3 is 0 Å². The highest BCUT2D eigenvalue weighted by Crippen LogP contribution is 2.23. The molecular formula is C11H13Cl2N3O. The number of halogens is 2. The maximum absolute atomic E-state index is 11.8. The second-order valence-electron chi connectivity index (χ2n) is 3.60. The number of amides is 1. The number of hydrogen-bond donors (Lipinski definition) is 1. The van der Waals surface area contributed by atoms with Crippen molar-refractivity contribution >= 4 is 40.6 Å². The lowest BCUT2D eigenvalue weighted by Gasteiger charge is -2.11. The molecule has 0 saturated carbocycles. The largest absolute Gasteiger partial charge is 0.386 e. The van der Waals surface area contributed by atoms with Crippen molar-refractivity contribution in [3.8, 4) is 0 Å². The predicted octanol–water partition coefficient (Wildman–Crippen LogP) is 2.27. The minimum atomic E-state index is -0.184. The third kappa shape index (κ3) is 3.61. The van der Waals surface area contributed by atoms with Crippen molar-refractivity contribution in [2.45, 2.75) is 0 Å². The van der Waals surface area contributed by atoms with Crippen LogP contribution in [0.3, 0.4) is 0 Å². The molecule has 17 heavy (non-hydrogen) atoms. The Balaban J connectivity index is 3.15. The summed E-state index contributed by atoms with van der Waals surface area (Å²) in [6, 6.07) is 4.87. The highest BCUT2D eigenvalue weighted by molar-refractivity contribution is 6.34. The Labute approximate surface area is 110 Å². The van der Waals surface area contributed by atoms with Crippen molar-refractivity contribution in [3.63, 3.8) is 0 Å². The molecule has 0 atom stereocenters. The van der Waals surface area contributed by atoms with Gasteiger partial charge in [-0.15, -0.1) is 11.6 Å². The van der Waals surface area contributed by atoms with Crippen LogP contribution >= 0.6 is 23.2 Å². The second-order valence-corrected chi connectivity index (χ2v) is 4.27. The summed E-state index contributed by atoms with van der Waals surface area (Å²) >= 11 is 11.5. The molecule has 0 aromatic heterocycles. The van der Waals surface area contributed by atoms with Crippen LogP contribution in [0.2, 0.25) is 5.02 Å². The number of benzene rings is 1. The van der Waals surface area contributed by atoms with Gasteiger partial charge in [0.2, 0.25) is 0 Å². The molecular weight excluding hydrogens is 261 g/mol. The highest BCUT2D eigenvalue weighted by atomic mass is 35.5. The summed E-state index contributed by atoms with van der Waals surface area (Å²) in [5.41, 5.74) is 6.46. The highest BCUT2D eigenvalue weighted by Gasteiger charge is 2.12. The van der Waals surface area contributed by atoms with E-state index in [1.165, 1.54) is 4.90 Å². The summed E-state index contributed by atoms with van der Waals surface area (Å²) in [6.07, 6.45) is 0. The molecule has 0 radical (unpaired) electrons. The summed E-state index contributed by atoms with van der Waals surface area (Å²) in [4.78, 5) is 17.3. The monoisotopic (exact) mass is 273 g/mol. The zero-order valence-corrected chi connectivity index (χ0v) is 11.1. The Bertz CT molecular complexity index is 458. The van der Waals surface area contributed by atoms with Crippen LogP contribution in [0.1, 0.15) is 10.4 Å². The average molecular weight is 274 g/mol. The summed E-state index contributed by atoms with van der Waals surface area (Å²) in [5.74, 6) is 0.244. The molecule has 1 aromatic carbocycles. The first-order valence-electron chi connectivity index (χ1n) is 4.86. The standard InChI is InChI=1S/C11H13Cl2N3O/c1-16(2)11(17)8-5-7(3-4-9(8)13)15-10(14)6-12/h3-5H,6H2,1-2H3,(H2,14,15). The molecule has 4 nitrogen and oxygen atoms in total. The van der Waals surface area contributed by atoms with Crippen LogP contribution in [0.4, 0.5) is 5.69 Å². The van der Waals surface area contributed by atoms with Gasteiger partial charge < -0.3 is 10.6 Å². The zero-order chi connectivity index (χ0) is 13.0. The lowest BCUT2D eigenvalue weighted by Crippen LogP contribution is -2.22. The normalized spacial score (nSPS) is 11.4. The Morgan fingerprint density at radius 1 is 1.47 bits per heavy atom. The summed E-state index contributed by atoms with van der Waals surface area (Å²) in [7, 11) is 3.31. The molecule has 0 unspecified atom stereocenters. The number of hydrogen-bond acceptors (Lipinski definition) is 2. The van der Waals surface area contributed by atoms with E-state index in [9.17, 15) is 4.79 Å². The average Bonchev–Trinajstić information content (AvgIpc) is 2.30. The molecule has 2 N–H and O–H groups in total. The third-order valence-electron chi connectivity index (χ3n) is 2.00. The fourth-order valence-corrected chi connectivity index (χ4v) is 1.44. The van der Waals surface area contributed by atoms with E-state index in [-0.39, 0.29) is 17.6 Å². The molecule has 0 fully saturated rings. The quantitative estimate of drug-likeness (QED) is 0.522. The maximum Gasteiger partial charge on any atom is 0.254 e. The van der Waals surface area contributed by atoms with Crippen LogP contribution in [0.5, 0.6) is 0 Å². The second kappa shape index (κ2) is 5.89. The summed E-state index contributed by atoms with van der Waals surface area (Å²) in [6.45, 7) is 0. The van der Waals surface area contributed by atoms with Gasteiger partial charge in [-0.2, -0.15) is 0 Å². The molecule has 1 aromatic rings. The van der Waals surface area contributed by atoms with Crippen LogP contribution < -0.4 is 5.73 Å². The van der Waals surface area contributed by atoms with Gasteiger partial charge in [-0.25, -0.2) is 4.99 Å². The number of alkyl halides is 1. The van der Waals surface area contributed by atoms with Crippen molar-refractivity contribution in [2.24, 2.45) is 10.7 Å². The first-order valence-corrected chi connectivity index (χ1v) is 5.77. The van der Waals surface area contributed by atoms with Gasteiger partial charge in [0.05, 0.1) is 22.2 Å². The minimum Gasteiger partial charge on any atom is -0.386 e. The van der Waals surface area contributed by atoms with E-state index in [2.05, 4.69) is 4.99 Å². The van der Waals surface area contributed by atoms with Crippen LogP contribution in [-0.2, 0) is 0 Å². The molecule has 0 aliphatic carbocycles. The molecule has 1 rings (SSSR count). The molecule has 0 bridgehead atoms. The number of aliphatic imine (C=N–C) groups is 1. The van der Waals surface area contributed by atoms with Gasteiger partial charge in [0.1, 0.15) is 5.84 Å². The number of carbonyl (C=O) groups excluding carboxylic acids is 1. The molecule has 92 valence electrons. The van der Waals surface area contributed by atoms with E-state index in [1.807, 2.05) is 0 Å². The first kappa shape index (κ1) is 13.8. The van der Waals surface area contributed by atoms with Crippen LogP contribution in [-0.4, -0.2) is 36.6 Å². The number of carbonyl (C=O) groups is 1. The van der Waals surface area contributed by atoms with Crippen molar-refractivity contribution in [3.05, 3.63) is 28.8 Å². The number of nitrogens with two attached hydrogens (primary N) is 1. The van der Waals surface area contributed by atoms with Gasteiger partial charge in [-0.3, -0.25) is 4.79 Å². The molecule has 1 amide bonds. The van der Waals surface area contributed by atoms with Gasteiger partial charge in [0.25, 0.3) is 5.91 Å². The topological polar surface area (TPSA) is 58.7 Å². The summed E-state index contributed by atoms with van der Waals surface area (Å²) < 4.78 is 0. The smallest absolute Gasteiger partial charge is 0.254 e. The van der Waals surface area contributed by atoms with E-state index < -0.39 is 0 Å². The minimum absolute atomic E-state index is 0.138. The SMILES string of the molecule is CN(C)C(=O)c1cc(N=C(N)CCl)ccc1Cl. The molecule has 0 aliphatic rings. The number of rotatable bonds is 3. The Hall–Kier alpha value is -1.26. The van der Waals surface area contributed by atoms with Crippen LogP contribution in [0.15, 0.2) is 23.2 Å². The predicted molar refractivity (Wildman–Crippen MR) is 71.5 cm³/mol. The van der Waals surface area contributed by atoms with Gasteiger partial charge in [0.15, 0.2) is 0 Å². The van der Waals surface area contributed by atoms with Crippen molar-refractivity contribution < 1.29 is 4.79 Å². The van der Waals surface area contributed by atoms with Gasteiger partial charge in [-0.05, 0) is 18.2 Å². The molecule has 0 aliphatic heterocycles. The number of nitrogens with zero attached hydrogens (tertiary/aromatic N) is 2. The van der Waals surface area contributed by atoms with Crippen LogP contribution in [0, 0.1) is 0 Å². The molecule has 0 spiro atoms. The fourth-order valence-electron chi connectivity index (χ4n) is 1.18. The Kier molecular flexibility index (Phi) is 4.78. The Morgan fingerprint density at radius 3 is 2.65 bits per heavy atom. The van der Waals surface area contributed by atoms with E-state index in [0.717, 1.165) is 0 Å². The van der Waals surface area contributed by atoms with E-state index >= 15 is 0 Å². The molecule has 0 heterocycles. The summed E-state index contributed by atoms with van der Waals surface area (Å²) in [5, 5.41) is 0.382. The Morgan fingerprint density at radius 2 is 2.12 bits per heavy atom. The first-order chi connectivity index (χ1) is 7.95. The van der Waals surface area contributed by atoms with Gasteiger partial charge in [0, 0.05) is 14.1 Å². The van der Waals surface area contributed by atoms with Crippen molar-refractivity contribution in [1.82, 2.24) is 4.90 Å². The fraction of sp³-hybridized carbons (Fsp3) is 0.273. The maximum atomic E-state index is 11.8. The van der Waals surface area contributed by atoms with Crippen LogP contribution in [0.25, 0.3) is 0 Å². The number of amidine groups is 1. The van der Waals surface area contributed by atoms with E-state index in [0.29, 0.717) is 16.3 Å². The van der Waals surface area contributed by atoms with E-state index in [4.69, 9.17) is 28.9 Å². The third-order valence-corrected chi connectivity index (χ3v) is 2.60. The zero-order valence-electron chi connectivity index (χ0n) is 9.58. The molecule has 6 heteroatoms. The lowest BCUT2D eigenvalue weighted by molar-refractivity contribution is 0.0828. The van der Waals surface area contributed by atoms with Crippen molar-refractivity contribution in [2.75, 3.05) is 20.0 Å².